The molecule has 1 aromatic rings. The molecule has 2 aliphatic rings. The van der Waals surface area contributed by atoms with Crippen LogP contribution in [0.2, 0.25) is 0 Å². The quantitative estimate of drug-likeness (QED) is 0.0472. The second kappa shape index (κ2) is 21.1. The number of hydrogen-bond acceptors (Lipinski definition) is 10. The summed E-state index contributed by atoms with van der Waals surface area (Å²) < 4.78 is 10.5. The number of unbranched alkanes of at least 4 members (excludes halogenated alkanes) is 2. The predicted octanol–water partition coefficient (Wildman–Crippen LogP) is -0.643. The van der Waals surface area contributed by atoms with Crippen molar-refractivity contribution in [3.63, 3.8) is 0 Å². The monoisotopic (exact) mass is 698 g/mol. The number of benzene rings is 1. The zero-order valence-corrected chi connectivity index (χ0v) is 28.0. The molecule has 1 atom stereocenters. The number of carbonyl (C=O) groups excluding carboxylic acids is 8. The third-order valence-corrected chi connectivity index (χ3v) is 8.31. The second-order valence-corrected chi connectivity index (χ2v) is 12.2. The summed E-state index contributed by atoms with van der Waals surface area (Å²) in [7, 11) is 0. The lowest BCUT2D eigenvalue weighted by molar-refractivity contribution is -0.148. The van der Waals surface area contributed by atoms with Crippen LogP contribution in [0.5, 0.6) is 0 Å². The zero-order valence-electron chi connectivity index (χ0n) is 28.0. The Bertz CT molecular complexity index is 1380. The lowest BCUT2D eigenvalue weighted by atomic mass is 9.82. The number of imide groups is 1. The molecule has 1 aliphatic heterocycles. The van der Waals surface area contributed by atoms with Crippen LogP contribution in [0.15, 0.2) is 42.5 Å². The number of esters is 1. The van der Waals surface area contributed by atoms with Gasteiger partial charge < -0.3 is 36.5 Å². The Kier molecular flexibility index (Phi) is 16.6. The average molecular weight is 699 g/mol. The summed E-state index contributed by atoms with van der Waals surface area (Å²) >= 11 is 0. The average Bonchev–Trinajstić information content (AvgIpc) is 3.43. The Labute approximate surface area is 290 Å². The van der Waals surface area contributed by atoms with Crippen LogP contribution in [-0.4, -0.2) is 97.8 Å². The SMILES string of the molecule is NC(=O)C1CCC(COCNC(=O)CNC(=O)[C@H](Cc2ccccc2)NC(=O)COC(=O)CNC(=O)CCCCCN2C(=O)C=CC2=O)CC1. The van der Waals surface area contributed by atoms with Gasteiger partial charge in [0.2, 0.25) is 23.6 Å². The fraction of sp³-hybridized carbons (Fsp3) is 0.529. The molecular formula is C34H46N6O10. The maximum Gasteiger partial charge on any atom is 0.325 e. The van der Waals surface area contributed by atoms with E-state index < -0.39 is 48.8 Å². The highest BCUT2D eigenvalue weighted by Gasteiger charge is 2.26. The van der Waals surface area contributed by atoms with Gasteiger partial charge in [-0.25, -0.2) is 0 Å². The van der Waals surface area contributed by atoms with E-state index in [9.17, 15) is 38.4 Å². The molecule has 1 aromatic carbocycles. The Hall–Kier alpha value is -5.12. The van der Waals surface area contributed by atoms with Gasteiger partial charge in [0, 0.05) is 37.5 Å². The summed E-state index contributed by atoms with van der Waals surface area (Å²) in [5, 5.41) is 10.00. The van der Waals surface area contributed by atoms with Crippen LogP contribution in [0.25, 0.3) is 0 Å². The first-order chi connectivity index (χ1) is 24.0. The van der Waals surface area contributed by atoms with E-state index in [1.54, 1.807) is 30.3 Å². The number of ether oxygens (including phenoxy) is 2. The maximum absolute atomic E-state index is 13.0. The van der Waals surface area contributed by atoms with E-state index in [-0.39, 0.29) is 62.2 Å². The molecule has 1 aliphatic carbocycles. The number of rotatable bonds is 21. The third-order valence-electron chi connectivity index (χ3n) is 8.31. The van der Waals surface area contributed by atoms with Crippen LogP contribution >= 0.6 is 0 Å². The fourth-order valence-electron chi connectivity index (χ4n) is 5.46. The predicted molar refractivity (Wildman–Crippen MR) is 177 cm³/mol. The Balaban J connectivity index is 1.31. The molecule has 7 amide bonds. The minimum absolute atomic E-state index is 0.0518. The number of nitrogens with zero attached hydrogens (tertiary/aromatic N) is 1. The number of nitrogens with two attached hydrogens (primary N) is 1. The molecule has 1 saturated carbocycles. The Morgan fingerprint density at radius 2 is 1.52 bits per heavy atom. The molecule has 16 heteroatoms. The first-order valence-corrected chi connectivity index (χ1v) is 16.7. The van der Waals surface area contributed by atoms with Crippen LogP contribution < -0.4 is 27.0 Å². The van der Waals surface area contributed by atoms with E-state index in [0.717, 1.165) is 36.1 Å². The topological polar surface area (TPSA) is 232 Å². The van der Waals surface area contributed by atoms with Crippen LogP contribution in [0.1, 0.15) is 56.9 Å². The van der Waals surface area contributed by atoms with Crippen molar-refractivity contribution in [1.82, 2.24) is 26.2 Å². The van der Waals surface area contributed by atoms with Gasteiger partial charge in [-0.1, -0.05) is 36.8 Å². The minimum Gasteiger partial charge on any atom is -0.454 e. The molecule has 6 N–H and O–H groups in total. The van der Waals surface area contributed by atoms with Gasteiger partial charge in [0.25, 0.3) is 17.7 Å². The van der Waals surface area contributed by atoms with Crippen LogP contribution in [0.4, 0.5) is 0 Å². The summed E-state index contributed by atoms with van der Waals surface area (Å²) in [5.74, 6) is -3.94. The molecule has 1 heterocycles. The zero-order chi connectivity index (χ0) is 36.3. The Morgan fingerprint density at radius 1 is 0.820 bits per heavy atom. The van der Waals surface area contributed by atoms with E-state index >= 15 is 0 Å². The summed E-state index contributed by atoms with van der Waals surface area (Å²) in [6.45, 7) is -0.882. The molecule has 0 radical (unpaired) electrons. The maximum atomic E-state index is 13.0. The third kappa shape index (κ3) is 14.6. The number of carbonyl (C=O) groups is 8. The molecule has 0 spiro atoms. The van der Waals surface area contributed by atoms with E-state index in [1.165, 1.54) is 12.2 Å². The highest BCUT2D eigenvalue weighted by molar-refractivity contribution is 6.12. The lowest BCUT2D eigenvalue weighted by Gasteiger charge is -2.26. The van der Waals surface area contributed by atoms with Gasteiger partial charge in [-0.2, -0.15) is 0 Å². The van der Waals surface area contributed by atoms with Gasteiger partial charge in [-0.15, -0.1) is 0 Å². The van der Waals surface area contributed by atoms with E-state index in [1.807, 2.05) is 0 Å². The van der Waals surface area contributed by atoms with Crippen molar-refractivity contribution in [2.24, 2.45) is 17.6 Å². The summed E-state index contributed by atoms with van der Waals surface area (Å²) in [6.07, 6.45) is 7.34. The molecule has 0 aromatic heterocycles. The first kappa shape index (κ1) is 39.3. The number of nitrogens with one attached hydrogen (secondary N) is 4. The van der Waals surface area contributed by atoms with Gasteiger partial charge in [0.1, 0.15) is 19.3 Å². The van der Waals surface area contributed by atoms with Crippen molar-refractivity contribution >= 4 is 47.3 Å². The number of amides is 7. The van der Waals surface area contributed by atoms with Crippen LogP contribution in [-0.2, 0) is 54.3 Å². The van der Waals surface area contributed by atoms with Crippen molar-refractivity contribution < 1.29 is 47.8 Å². The van der Waals surface area contributed by atoms with Crippen LogP contribution in [0.3, 0.4) is 0 Å². The summed E-state index contributed by atoms with van der Waals surface area (Å²) in [4.78, 5) is 97.6. The van der Waals surface area contributed by atoms with E-state index in [4.69, 9.17) is 15.2 Å². The molecule has 0 saturated heterocycles. The summed E-state index contributed by atoms with van der Waals surface area (Å²) in [6, 6.07) is 7.80. The van der Waals surface area contributed by atoms with Crippen LogP contribution in [0, 0.1) is 11.8 Å². The molecule has 16 nitrogen and oxygen atoms in total. The highest BCUT2D eigenvalue weighted by Crippen LogP contribution is 2.28. The lowest BCUT2D eigenvalue weighted by Crippen LogP contribution is -2.51. The first-order valence-electron chi connectivity index (χ1n) is 16.7. The Morgan fingerprint density at radius 3 is 2.20 bits per heavy atom. The molecule has 0 unspecified atom stereocenters. The van der Waals surface area contributed by atoms with Gasteiger partial charge in [-0.3, -0.25) is 43.3 Å². The van der Waals surface area contributed by atoms with Crippen molar-refractivity contribution in [2.45, 2.75) is 63.8 Å². The minimum atomic E-state index is -1.08. The second-order valence-electron chi connectivity index (χ2n) is 12.2. The van der Waals surface area contributed by atoms with Gasteiger partial charge >= 0.3 is 5.97 Å². The van der Waals surface area contributed by atoms with Gasteiger partial charge in [-0.05, 0) is 50.0 Å². The molecule has 1 fully saturated rings. The van der Waals surface area contributed by atoms with Gasteiger partial charge in [0.15, 0.2) is 6.61 Å². The van der Waals surface area contributed by atoms with E-state index in [2.05, 4.69) is 21.3 Å². The van der Waals surface area contributed by atoms with Crippen molar-refractivity contribution in [1.29, 1.82) is 0 Å². The highest BCUT2D eigenvalue weighted by atomic mass is 16.5. The number of hydrogen-bond donors (Lipinski definition) is 5. The molecular weight excluding hydrogens is 652 g/mol. The normalized spacial score (nSPS) is 17.5. The summed E-state index contributed by atoms with van der Waals surface area (Å²) in [5.41, 5.74) is 6.10. The molecule has 0 bridgehead atoms. The van der Waals surface area contributed by atoms with Crippen molar-refractivity contribution in [3.05, 3.63) is 48.0 Å². The molecule has 50 heavy (non-hydrogen) atoms. The fourth-order valence-corrected chi connectivity index (χ4v) is 5.46. The standard InChI is InChI=1S/C34H46N6O10/c35-33(47)25-12-10-24(11-13-25)20-49-22-38-28(42)18-37-34(48)26(17-23-7-3-1-4-8-23)39-29(43)21-50-32(46)19-36-27(41)9-5-2-6-16-40-30(44)14-15-31(40)45/h1,3-4,7-8,14-15,24-26H,2,5-6,9-13,16-22H2,(H2,35,47)(H,36,41)(H,37,48)(H,38,42)(H,39,43)/t24?,25?,26-/m0/s1. The van der Waals surface area contributed by atoms with Crippen molar-refractivity contribution in [3.8, 4) is 0 Å². The smallest absolute Gasteiger partial charge is 0.325 e. The van der Waals surface area contributed by atoms with Gasteiger partial charge in [0.05, 0.1) is 13.2 Å². The largest absolute Gasteiger partial charge is 0.454 e. The van der Waals surface area contributed by atoms with E-state index in [0.29, 0.717) is 25.9 Å². The molecule has 272 valence electrons. The van der Waals surface area contributed by atoms with Crippen molar-refractivity contribution in [2.75, 3.05) is 39.6 Å². The number of primary amides is 1. The molecule has 3 rings (SSSR count).